The number of hydrogen-bond donors (Lipinski definition) is 0. The van der Waals surface area contributed by atoms with Crippen LogP contribution in [0.15, 0.2) is 42.5 Å². The number of Topliss-reactive ketones (excluding diaryl/α,β-unsaturated/α-hetero) is 1. The molecule has 0 unspecified atom stereocenters. The Bertz CT molecular complexity index is 739. The van der Waals surface area contributed by atoms with Crippen molar-refractivity contribution >= 4 is 29.0 Å². The summed E-state index contributed by atoms with van der Waals surface area (Å²) in [6, 6.07) is 12.5. The summed E-state index contributed by atoms with van der Waals surface area (Å²) in [5.74, 6) is -0.00778. The van der Waals surface area contributed by atoms with E-state index in [1.54, 1.807) is 29.2 Å². The molecule has 2 aromatic rings. The van der Waals surface area contributed by atoms with Crippen molar-refractivity contribution in [2.75, 3.05) is 11.4 Å². The number of fused-ring (bicyclic) bond motifs is 1. The van der Waals surface area contributed by atoms with Gasteiger partial charge in [-0.25, -0.2) is 0 Å². The Labute approximate surface area is 128 Å². The number of anilines is 1. The zero-order valence-corrected chi connectivity index (χ0v) is 12.4. The van der Waals surface area contributed by atoms with Crippen LogP contribution in [-0.4, -0.2) is 18.2 Å². The highest BCUT2D eigenvalue weighted by molar-refractivity contribution is 6.30. The number of benzene rings is 2. The fourth-order valence-electron chi connectivity index (χ4n) is 2.64. The van der Waals surface area contributed by atoms with Gasteiger partial charge in [-0.15, -0.1) is 0 Å². The van der Waals surface area contributed by atoms with Crippen LogP contribution in [0.3, 0.4) is 0 Å². The second-order valence-corrected chi connectivity index (χ2v) is 5.54. The van der Waals surface area contributed by atoms with Crippen LogP contribution in [0.1, 0.15) is 32.7 Å². The van der Waals surface area contributed by atoms with Gasteiger partial charge >= 0.3 is 0 Å². The molecule has 0 spiro atoms. The molecule has 1 amide bonds. The summed E-state index contributed by atoms with van der Waals surface area (Å²) in [6.45, 7) is 2.27. The molecule has 1 aliphatic heterocycles. The molecule has 3 nitrogen and oxygen atoms in total. The minimum atomic E-state index is -0.0934. The van der Waals surface area contributed by atoms with Crippen LogP contribution in [0.5, 0.6) is 0 Å². The van der Waals surface area contributed by atoms with Gasteiger partial charge in [0.1, 0.15) is 0 Å². The molecule has 0 saturated heterocycles. The molecule has 0 aromatic heterocycles. The molecule has 0 atom stereocenters. The number of aryl methyl sites for hydroxylation is 1. The number of carbonyl (C=O) groups excluding carboxylic acids is 2. The van der Waals surface area contributed by atoms with Gasteiger partial charge < -0.3 is 4.90 Å². The third-order valence-corrected chi connectivity index (χ3v) is 3.96. The van der Waals surface area contributed by atoms with Gasteiger partial charge in [0, 0.05) is 29.1 Å². The lowest BCUT2D eigenvalue weighted by molar-refractivity contribution is 0.0955. The summed E-state index contributed by atoms with van der Waals surface area (Å²) in [5.41, 5.74) is 2.75. The largest absolute Gasteiger partial charge is 0.307 e. The average molecular weight is 300 g/mol. The summed E-state index contributed by atoms with van der Waals surface area (Å²) < 4.78 is 0. The van der Waals surface area contributed by atoms with Crippen LogP contribution in [0, 0.1) is 6.92 Å². The fourth-order valence-corrected chi connectivity index (χ4v) is 2.86. The number of carbonyl (C=O) groups is 2. The summed E-state index contributed by atoms with van der Waals surface area (Å²) in [6.07, 6.45) is 0.357. The van der Waals surface area contributed by atoms with Gasteiger partial charge in [-0.3, -0.25) is 9.59 Å². The Balaban J connectivity index is 2.03. The first kappa shape index (κ1) is 13.8. The Morgan fingerprint density at radius 3 is 2.71 bits per heavy atom. The number of halogens is 1. The molecule has 4 heteroatoms. The minimum Gasteiger partial charge on any atom is -0.307 e. The first-order chi connectivity index (χ1) is 10.1. The fraction of sp³-hybridized carbons (Fsp3) is 0.176. The average Bonchev–Trinajstić information content (AvgIpc) is 2.47. The molecule has 0 saturated carbocycles. The summed E-state index contributed by atoms with van der Waals surface area (Å²) in [4.78, 5) is 26.4. The highest BCUT2D eigenvalue weighted by Gasteiger charge is 2.28. The molecule has 2 aromatic carbocycles. The van der Waals surface area contributed by atoms with Gasteiger partial charge in [-0.2, -0.15) is 0 Å². The molecule has 0 bridgehead atoms. The third-order valence-electron chi connectivity index (χ3n) is 3.72. The van der Waals surface area contributed by atoms with Crippen LogP contribution < -0.4 is 4.90 Å². The quantitative estimate of drug-likeness (QED) is 0.801. The maximum Gasteiger partial charge on any atom is 0.258 e. The van der Waals surface area contributed by atoms with Gasteiger partial charge in [0.25, 0.3) is 5.91 Å². The van der Waals surface area contributed by atoms with E-state index in [0.717, 1.165) is 5.56 Å². The zero-order chi connectivity index (χ0) is 15.0. The van der Waals surface area contributed by atoms with Crippen molar-refractivity contribution in [3.8, 4) is 0 Å². The Morgan fingerprint density at radius 1 is 1.19 bits per heavy atom. The van der Waals surface area contributed by atoms with Gasteiger partial charge in [0.2, 0.25) is 0 Å². The Kier molecular flexibility index (Phi) is 3.52. The maximum atomic E-state index is 12.8. The number of ketones is 1. The van der Waals surface area contributed by atoms with Crippen molar-refractivity contribution in [2.45, 2.75) is 13.3 Å². The first-order valence-corrected chi connectivity index (χ1v) is 7.16. The molecule has 106 valence electrons. The van der Waals surface area contributed by atoms with E-state index in [0.29, 0.717) is 34.8 Å². The highest BCUT2D eigenvalue weighted by Crippen LogP contribution is 2.29. The summed E-state index contributed by atoms with van der Waals surface area (Å²) in [5, 5.41) is 0.610. The van der Waals surface area contributed by atoms with Gasteiger partial charge in [0.05, 0.1) is 5.69 Å². The molecule has 3 rings (SSSR count). The smallest absolute Gasteiger partial charge is 0.258 e. The van der Waals surface area contributed by atoms with E-state index in [4.69, 9.17) is 11.6 Å². The van der Waals surface area contributed by atoms with Crippen LogP contribution in [-0.2, 0) is 0 Å². The number of hydrogen-bond acceptors (Lipinski definition) is 2. The highest BCUT2D eigenvalue weighted by atomic mass is 35.5. The SMILES string of the molecule is Cc1cc(Cl)ccc1C(=O)N1CCC(=O)c2ccccc21. The molecule has 0 fully saturated rings. The van der Waals surface area contributed by atoms with Crippen LogP contribution in [0.25, 0.3) is 0 Å². The lowest BCUT2D eigenvalue weighted by atomic mass is 9.98. The van der Waals surface area contributed by atoms with Crippen molar-refractivity contribution in [2.24, 2.45) is 0 Å². The van der Waals surface area contributed by atoms with E-state index < -0.39 is 0 Å². The third kappa shape index (κ3) is 2.45. The summed E-state index contributed by atoms with van der Waals surface area (Å²) >= 11 is 5.94. The second kappa shape index (κ2) is 5.34. The minimum absolute atomic E-state index is 0.0856. The standard InChI is InChI=1S/C17H14ClNO2/c1-11-10-12(18)6-7-13(11)17(21)19-9-8-16(20)14-4-2-3-5-15(14)19/h2-7,10H,8-9H2,1H3. The molecule has 0 N–H and O–H groups in total. The van der Waals surface area contributed by atoms with E-state index in [1.165, 1.54) is 0 Å². The topological polar surface area (TPSA) is 37.4 Å². The van der Waals surface area contributed by atoms with Crippen molar-refractivity contribution in [3.05, 3.63) is 64.2 Å². The van der Waals surface area contributed by atoms with E-state index >= 15 is 0 Å². The predicted molar refractivity (Wildman–Crippen MR) is 83.3 cm³/mol. The van der Waals surface area contributed by atoms with Crippen LogP contribution in [0.2, 0.25) is 5.02 Å². The monoisotopic (exact) mass is 299 g/mol. The van der Waals surface area contributed by atoms with Crippen molar-refractivity contribution < 1.29 is 9.59 Å². The van der Waals surface area contributed by atoms with Gasteiger partial charge in [-0.05, 0) is 42.8 Å². The molecular weight excluding hydrogens is 286 g/mol. The van der Waals surface area contributed by atoms with Crippen molar-refractivity contribution in [1.82, 2.24) is 0 Å². The first-order valence-electron chi connectivity index (χ1n) is 6.78. The van der Waals surface area contributed by atoms with Crippen molar-refractivity contribution in [1.29, 1.82) is 0 Å². The van der Waals surface area contributed by atoms with Crippen LogP contribution >= 0.6 is 11.6 Å². The normalized spacial score (nSPS) is 14.0. The Hall–Kier alpha value is -2.13. The predicted octanol–water partition coefficient (Wildman–Crippen LogP) is 3.88. The van der Waals surface area contributed by atoms with E-state index in [2.05, 4.69) is 0 Å². The molecular formula is C17H14ClNO2. The molecule has 1 heterocycles. The zero-order valence-electron chi connectivity index (χ0n) is 11.6. The maximum absolute atomic E-state index is 12.8. The number of rotatable bonds is 1. The van der Waals surface area contributed by atoms with E-state index in [-0.39, 0.29) is 11.7 Å². The Morgan fingerprint density at radius 2 is 1.95 bits per heavy atom. The van der Waals surface area contributed by atoms with E-state index in [1.807, 2.05) is 25.1 Å². The van der Waals surface area contributed by atoms with Crippen LogP contribution in [0.4, 0.5) is 5.69 Å². The second-order valence-electron chi connectivity index (χ2n) is 5.11. The lowest BCUT2D eigenvalue weighted by Gasteiger charge is -2.29. The molecule has 21 heavy (non-hydrogen) atoms. The molecule has 1 aliphatic rings. The summed E-state index contributed by atoms with van der Waals surface area (Å²) in [7, 11) is 0. The van der Waals surface area contributed by atoms with E-state index in [9.17, 15) is 9.59 Å². The van der Waals surface area contributed by atoms with Gasteiger partial charge in [0.15, 0.2) is 5.78 Å². The number of para-hydroxylation sites is 1. The lowest BCUT2D eigenvalue weighted by Crippen LogP contribution is -2.37. The number of amides is 1. The molecule has 0 aliphatic carbocycles. The van der Waals surface area contributed by atoms with Crippen molar-refractivity contribution in [3.63, 3.8) is 0 Å². The number of nitrogens with zero attached hydrogens (tertiary/aromatic N) is 1. The van der Waals surface area contributed by atoms with Gasteiger partial charge in [-0.1, -0.05) is 23.7 Å². The molecule has 0 radical (unpaired) electrons.